The molecule has 0 aromatic heterocycles. The zero-order chi connectivity index (χ0) is 20.6. The summed E-state index contributed by atoms with van der Waals surface area (Å²) in [5, 5.41) is 6.25. The number of rotatable bonds is 6. The molecular weight excluding hydrogens is 402 g/mol. The minimum absolute atomic E-state index is 0.0149. The first kappa shape index (κ1) is 19.2. The number of carbonyl (C=O) groups excluding carboxylic acids is 3. The summed E-state index contributed by atoms with van der Waals surface area (Å²) in [5.74, 6) is 0.212. The lowest BCUT2D eigenvalue weighted by molar-refractivity contribution is -0.128. The predicted molar refractivity (Wildman–Crippen MR) is 99.5 cm³/mol. The molecule has 1 fully saturated rings. The highest BCUT2D eigenvalue weighted by Crippen LogP contribution is 2.33. The number of nitrogens with one attached hydrogen (secondary N) is 2. The normalized spacial score (nSPS) is 24.1. The quantitative estimate of drug-likeness (QED) is 0.620. The predicted octanol–water partition coefficient (Wildman–Crippen LogP) is 0.0428. The Morgan fingerprint density at radius 3 is 2.79 bits per heavy atom. The van der Waals surface area contributed by atoms with E-state index in [4.69, 9.17) is 9.47 Å². The van der Waals surface area contributed by atoms with Crippen LogP contribution in [0.2, 0.25) is 0 Å². The molecule has 1 aromatic carbocycles. The molecule has 2 unspecified atom stereocenters. The highest BCUT2D eigenvalue weighted by atomic mass is 32.2. The molecule has 0 saturated carbocycles. The first-order valence-corrected chi connectivity index (χ1v) is 10.7. The number of sulfone groups is 1. The van der Waals surface area contributed by atoms with Gasteiger partial charge in [0.15, 0.2) is 21.3 Å². The summed E-state index contributed by atoms with van der Waals surface area (Å²) in [5.41, 5.74) is 0.713. The summed E-state index contributed by atoms with van der Waals surface area (Å²) in [6.45, 7) is 0.212. The molecule has 1 saturated heterocycles. The summed E-state index contributed by atoms with van der Waals surface area (Å²) in [7, 11) is -3.26. The van der Waals surface area contributed by atoms with E-state index in [0.29, 0.717) is 17.1 Å². The van der Waals surface area contributed by atoms with Gasteiger partial charge in [0.05, 0.1) is 18.3 Å². The molecule has 2 N–H and O–H groups in total. The van der Waals surface area contributed by atoms with Gasteiger partial charge in [-0.25, -0.2) is 13.2 Å². The molecule has 3 heterocycles. The highest BCUT2D eigenvalue weighted by molar-refractivity contribution is 7.94. The topological polar surface area (TPSA) is 131 Å². The smallest absolute Gasteiger partial charge is 0.325 e. The second-order valence-corrected chi connectivity index (χ2v) is 8.92. The average molecular weight is 421 g/mol. The lowest BCUT2D eigenvalue weighted by Crippen LogP contribution is -2.37. The number of hydrogen-bond donors (Lipinski definition) is 2. The fourth-order valence-corrected chi connectivity index (χ4v) is 4.60. The van der Waals surface area contributed by atoms with Crippen LogP contribution < -0.4 is 20.1 Å². The molecular formula is C18H19N3O7S. The summed E-state index contributed by atoms with van der Waals surface area (Å²) >= 11 is 0. The maximum atomic E-state index is 12.6. The van der Waals surface area contributed by atoms with E-state index in [9.17, 15) is 22.8 Å². The molecule has 3 aliphatic rings. The van der Waals surface area contributed by atoms with E-state index in [1.807, 2.05) is 0 Å². The summed E-state index contributed by atoms with van der Waals surface area (Å²) in [6.07, 6.45) is 1.53. The summed E-state index contributed by atoms with van der Waals surface area (Å²) in [4.78, 5) is 37.9. The van der Waals surface area contributed by atoms with Crippen molar-refractivity contribution in [2.75, 3.05) is 12.5 Å². The van der Waals surface area contributed by atoms with Crippen molar-refractivity contribution in [3.8, 4) is 11.5 Å². The number of ether oxygens (including phenoxy) is 2. The molecule has 0 aliphatic carbocycles. The first-order valence-electron chi connectivity index (χ1n) is 9.01. The van der Waals surface area contributed by atoms with E-state index in [2.05, 4.69) is 10.6 Å². The number of hydrogen-bond acceptors (Lipinski definition) is 7. The second kappa shape index (κ2) is 7.39. The van der Waals surface area contributed by atoms with Crippen molar-refractivity contribution >= 4 is 27.7 Å². The van der Waals surface area contributed by atoms with Gasteiger partial charge in [0.2, 0.25) is 12.7 Å². The third-order valence-corrected chi connectivity index (χ3v) is 6.22. The van der Waals surface area contributed by atoms with E-state index in [1.165, 1.54) is 6.08 Å². The largest absolute Gasteiger partial charge is 0.454 e. The SMILES string of the molecule is O=C(CCC1NC(=O)N(Cc2ccc3c(c2)OCO3)C1=O)NC1C=CS(=O)(=O)C1. The number of amides is 4. The molecule has 0 radical (unpaired) electrons. The molecule has 0 spiro atoms. The third-order valence-electron chi connectivity index (χ3n) is 4.82. The molecule has 0 bridgehead atoms. The van der Waals surface area contributed by atoms with Crippen LogP contribution in [0.4, 0.5) is 4.79 Å². The third kappa shape index (κ3) is 4.19. The van der Waals surface area contributed by atoms with Crippen LogP contribution in [0.15, 0.2) is 29.7 Å². The van der Waals surface area contributed by atoms with E-state index in [-0.39, 0.29) is 37.8 Å². The lowest BCUT2D eigenvalue weighted by Gasteiger charge is -2.14. The van der Waals surface area contributed by atoms with Crippen molar-refractivity contribution in [3.05, 3.63) is 35.2 Å². The highest BCUT2D eigenvalue weighted by Gasteiger charge is 2.38. The van der Waals surface area contributed by atoms with E-state index in [0.717, 1.165) is 10.3 Å². The van der Waals surface area contributed by atoms with Gasteiger partial charge in [0.1, 0.15) is 6.04 Å². The molecule has 4 rings (SSSR count). The number of imide groups is 1. The van der Waals surface area contributed by atoms with Crippen LogP contribution in [0, 0.1) is 0 Å². The average Bonchev–Trinajstić information content (AvgIpc) is 3.33. The minimum Gasteiger partial charge on any atom is -0.454 e. The summed E-state index contributed by atoms with van der Waals surface area (Å²) < 4.78 is 33.3. The van der Waals surface area contributed by atoms with Crippen LogP contribution in [-0.2, 0) is 26.0 Å². The number of nitrogens with zero attached hydrogens (tertiary/aromatic N) is 1. The Morgan fingerprint density at radius 1 is 1.24 bits per heavy atom. The monoisotopic (exact) mass is 421 g/mol. The molecule has 11 heteroatoms. The molecule has 4 amide bonds. The molecule has 2 atom stereocenters. The fourth-order valence-electron chi connectivity index (χ4n) is 3.36. The number of carbonyl (C=O) groups is 3. The van der Waals surface area contributed by atoms with Gasteiger partial charge >= 0.3 is 6.03 Å². The molecule has 3 aliphatic heterocycles. The van der Waals surface area contributed by atoms with E-state index >= 15 is 0 Å². The first-order chi connectivity index (χ1) is 13.8. The Morgan fingerprint density at radius 2 is 2.03 bits per heavy atom. The zero-order valence-electron chi connectivity index (χ0n) is 15.3. The zero-order valence-corrected chi connectivity index (χ0v) is 16.1. The number of benzene rings is 1. The Balaban J connectivity index is 1.30. The molecule has 1 aromatic rings. The van der Waals surface area contributed by atoms with Gasteiger partial charge < -0.3 is 20.1 Å². The van der Waals surface area contributed by atoms with Crippen LogP contribution in [-0.4, -0.2) is 55.8 Å². The minimum atomic E-state index is -3.26. The Bertz CT molecular complexity index is 1000. The summed E-state index contributed by atoms with van der Waals surface area (Å²) in [6, 6.07) is 3.29. The van der Waals surface area contributed by atoms with Crippen LogP contribution in [0.3, 0.4) is 0 Å². The van der Waals surface area contributed by atoms with Gasteiger partial charge in [-0.2, -0.15) is 0 Å². The molecule has 29 heavy (non-hydrogen) atoms. The second-order valence-electron chi connectivity index (χ2n) is 6.98. The van der Waals surface area contributed by atoms with Gasteiger partial charge in [0, 0.05) is 11.8 Å². The van der Waals surface area contributed by atoms with Gasteiger partial charge in [0.25, 0.3) is 5.91 Å². The molecule has 10 nitrogen and oxygen atoms in total. The van der Waals surface area contributed by atoms with Crippen molar-refractivity contribution in [3.63, 3.8) is 0 Å². The number of urea groups is 1. The van der Waals surface area contributed by atoms with Crippen LogP contribution >= 0.6 is 0 Å². The fraction of sp³-hybridized carbons (Fsp3) is 0.389. The van der Waals surface area contributed by atoms with Crippen LogP contribution in [0.25, 0.3) is 0 Å². The van der Waals surface area contributed by atoms with Crippen molar-refractivity contribution in [1.29, 1.82) is 0 Å². The van der Waals surface area contributed by atoms with Crippen LogP contribution in [0.1, 0.15) is 18.4 Å². The standard InChI is InChI=1S/C18H19N3O7S/c22-16(19-12-5-6-29(25,26)9-12)4-2-13-17(23)21(18(24)20-13)8-11-1-3-14-15(7-11)28-10-27-14/h1,3,5-7,12-13H,2,4,8-10H2,(H,19,22)(H,20,24). The Labute approximate surface area is 166 Å². The Kier molecular flexibility index (Phi) is 4.91. The van der Waals surface area contributed by atoms with Crippen LogP contribution in [0.5, 0.6) is 11.5 Å². The Hall–Kier alpha value is -3.08. The van der Waals surface area contributed by atoms with Crippen molar-refractivity contribution < 1.29 is 32.3 Å². The van der Waals surface area contributed by atoms with E-state index < -0.39 is 33.9 Å². The van der Waals surface area contributed by atoms with Crippen molar-refractivity contribution in [1.82, 2.24) is 15.5 Å². The lowest BCUT2D eigenvalue weighted by atomic mass is 10.1. The molecule has 154 valence electrons. The number of fused-ring (bicyclic) bond motifs is 1. The van der Waals surface area contributed by atoms with Gasteiger partial charge in [-0.1, -0.05) is 6.07 Å². The van der Waals surface area contributed by atoms with Gasteiger partial charge in [-0.05, 0) is 30.2 Å². The van der Waals surface area contributed by atoms with Crippen molar-refractivity contribution in [2.24, 2.45) is 0 Å². The van der Waals surface area contributed by atoms with Crippen molar-refractivity contribution in [2.45, 2.75) is 31.5 Å². The van der Waals surface area contributed by atoms with Gasteiger partial charge in [-0.3, -0.25) is 14.5 Å². The maximum absolute atomic E-state index is 12.6. The van der Waals surface area contributed by atoms with E-state index in [1.54, 1.807) is 18.2 Å². The van der Waals surface area contributed by atoms with Gasteiger partial charge in [-0.15, -0.1) is 0 Å². The maximum Gasteiger partial charge on any atom is 0.325 e.